The molecule has 2 aromatic rings. The van der Waals surface area contributed by atoms with E-state index < -0.39 is 5.91 Å². The van der Waals surface area contributed by atoms with Gasteiger partial charge in [0.15, 0.2) is 11.5 Å². The molecule has 0 unspecified atom stereocenters. The molecule has 0 saturated carbocycles. The number of benzene rings is 1. The number of hydrogen-bond donors (Lipinski definition) is 2. The first kappa shape index (κ1) is 14.9. The first-order valence-electron chi connectivity index (χ1n) is 8.04. The zero-order valence-electron chi connectivity index (χ0n) is 13.4. The summed E-state index contributed by atoms with van der Waals surface area (Å²) in [5.74, 6) is 0.128. The van der Waals surface area contributed by atoms with E-state index in [2.05, 4.69) is 51.2 Å². The summed E-state index contributed by atoms with van der Waals surface area (Å²) in [4.78, 5) is 16.0. The average molecular weight is 325 g/mol. The Morgan fingerprint density at radius 2 is 1.96 bits per heavy atom. The average Bonchev–Trinajstić information content (AvgIpc) is 3.22. The Morgan fingerprint density at radius 3 is 2.58 bits per heavy atom. The summed E-state index contributed by atoms with van der Waals surface area (Å²) in [5.41, 5.74) is 4.22. The Bertz CT molecular complexity index is 764. The summed E-state index contributed by atoms with van der Waals surface area (Å²) < 4.78 is 0. The molecule has 1 aromatic carbocycles. The number of piperazine rings is 1. The van der Waals surface area contributed by atoms with E-state index in [-0.39, 0.29) is 5.69 Å². The van der Waals surface area contributed by atoms with Crippen LogP contribution in [0.25, 0.3) is 0 Å². The van der Waals surface area contributed by atoms with Crippen LogP contribution in [0.4, 0.5) is 11.5 Å². The number of fused-ring (bicyclic) bond motifs is 2. The smallest absolute Gasteiger partial charge is 0.295 e. The fraction of sp³-hybridized carbons (Fsp3) is 0.353. The first-order chi connectivity index (χ1) is 11.7. The Balaban J connectivity index is 1.49. The lowest BCUT2D eigenvalue weighted by atomic mass is 10.2. The number of nitrogens with one attached hydrogen (secondary N) is 1. The molecule has 2 fully saturated rings. The summed E-state index contributed by atoms with van der Waals surface area (Å²) in [6.45, 7) is 3.98. The first-order valence-corrected chi connectivity index (χ1v) is 8.04. The van der Waals surface area contributed by atoms with Gasteiger partial charge in [-0.15, -0.1) is 10.2 Å². The summed E-state index contributed by atoms with van der Waals surface area (Å²) >= 11 is 0. The largest absolute Gasteiger partial charge is 0.365 e. The molecule has 2 bridgehead atoms. The SMILES string of the molecule is Cc1cccc(N2C[C@@H]3C[C@H]2CN3c2ccc(C(=O)NO)nn2)c1. The van der Waals surface area contributed by atoms with Crippen LogP contribution in [0, 0.1) is 6.92 Å². The van der Waals surface area contributed by atoms with Crippen LogP contribution in [0.1, 0.15) is 22.5 Å². The highest BCUT2D eigenvalue weighted by Crippen LogP contribution is 2.36. The number of aromatic nitrogens is 2. The Labute approximate surface area is 139 Å². The van der Waals surface area contributed by atoms with Gasteiger partial charge in [0.1, 0.15) is 0 Å². The van der Waals surface area contributed by atoms with Gasteiger partial charge in [0.25, 0.3) is 5.91 Å². The van der Waals surface area contributed by atoms with Gasteiger partial charge in [-0.1, -0.05) is 12.1 Å². The third-order valence-electron chi connectivity index (χ3n) is 4.85. The van der Waals surface area contributed by atoms with E-state index in [9.17, 15) is 4.79 Å². The maximum atomic E-state index is 11.3. The predicted octanol–water partition coefficient (Wildman–Crippen LogP) is 1.37. The molecule has 2 saturated heterocycles. The van der Waals surface area contributed by atoms with Gasteiger partial charge in [-0.2, -0.15) is 0 Å². The van der Waals surface area contributed by atoms with Gasteiger partial charge in [-0.3, -0.25) is 10.0 Å². The zero-order chi connectivity index (χ0) is 16.7. The van der Waals surface area contributed by atoms with Gasteiger partial charge < -0.3 is 9.80 Å². The second-order valence-electron chi connectivity index (χ2n) is 6.40. The van der Waals surface area contributed by atoms with Crippen LogP contribution in [0.3, 0.4) is 0 Å². The second kappa shape index (κ2) is 5.76. The summed E-state index contributed by atoms with van der Waals surface area (Å²) in [6.07, 6.45) is 1.11. The molecule has 7 heteroatoms. The number of carbonyl (C=O) groups is 1. The van der Waals surface area contributed by atoms with E-state index in [0.717, 1.165) is 25.3 Å². The number of carbonyl (C=O) groups excluding carboxylic acids is 1. The minimum absolute atomic E-state index is 0.104. The molecule has 1 amide bonds. The van der Waals surface area contributed by atoms with Crippen LogP contribution in [0.5, 0.6) is 0 Å². The highest BCUT2D eigenvalue weighted by Gasteiger charge is 2.43. The van der Waals surface area contributed by atoms with Gasteiger partial charge in [0.05, 0.1) is 6.04 Å². The maximum absolute atomic E-state index is 11.3. The van der Waals surface area contributed by atoms with Crippen molar-refractivity contribution in [2.75, 3.05) is 22.9 Å². The van der Waals surface area contributed by atoms with Crippen molar-refractivity contribution in [2.24, 2.45) is 0 Å². The molecule has 2 atom stereocenters. The van der Waals surface area contributed by atoms with E-state index >= 15 is 0 Å². The minimum atomic E-state index is -0.650. The topological polar surface area (TPSA) is 81.6 Å². The van der Waals surface area contributed by atoms with E-state index in [1.807, 2.05) is 0 Å². The van der Waals surface area contributed by atoms with Crippen LogP contribution in [-0.2, 0) is 0 Å². The highest BCUT2D eigenvalue weighted by molar-refractivity contribution is 5.91. The summed E-state index contributed by atoms with van der Waals surface area (Å²) in [7, 11) is 0. The number of aryl methyl sites for hydroxylation is 1. The zero-order valence-corrected chi connectivity index (χ0v) is 13.4. The quantitative estimate of drug-likeness (QED) is 0.655. The number of rotatable bonds is 3. The molecular weight excluding hydrogens is 306 g/mol. The van der Waals surface area contributed by atoms with Crippen molar-refractivity contribution < 1.29 is 10.0 Å². The van der Waals surface area contributed by atoms with E-state index in [1.165, 1.54) is 11.3 Å². The molecule has 2 aliphatic heterocycles. The maximum Gasteiger partial charge on any atom is 0.295 e. The molecule has 0 spiro atoms. The Hall–Kier alpha value is -2.67. The lowest BCUT2D eigenvalue weighted by Gasteiger charge is -2.36. The summed E-state index contributed by atoms with van der Waals surface area (Å²) in [5, 5.41) is 16.7. The molecule has 7 nitrogen and oxygen atoms in total. The molecule has 4 rings (SSSR count). The molecule has 2 N–H and O–H groups in total. The van der Waals surface area contributed by atoms with Crippen molar-refractivity contribution in [1.82, 2.24) is 15.7 Å². The molecule has 124 valence electrons. The molecule has 24 heavy (non-hydrogen) atoms. The lowest BCUT2D eigenvalue weighted by Crippen LogP contribution is -2.47. The molecule has 3 heterocycles. The van der Waals surface area contributed by atoms with Crippen molar-refractivity contribution in [3.63, 3.8) is 0 Å². The number of anilines is 2. The van der Waals surface area contributed by atoms with Gasteiger partial charge in [0.2, 0.25) is 0 Å². The van der Waals surface area contributed by atoms with Gasteiger partial charge >= 0.3 is 0 Å². The number of amides is 1. The normalized spacial score (nSPS) is 22.1. The van der Waals surface area contributed by atoms with Crippen LogP contribution in [-0.4, -0.2) is 46.5 Å². The molecule has 1 aromatic heterocycles. The fourth-order valence-electron chi connectivity index (χ4n) is 3.73. The van der Waals surface area contributed by atoms with E-state index in [4.69, 9.17) is 5.21 Å². The summed E-state index contributed by atoms with van der Waals surface area (Å²) in [6, 6.07) is 12.9. The standard InChI is InChI=1S/C17H19N5O2/c1-11-3-2-4-12(7-11)21-9-14-8-13(21)10-22(14)16-6-5-15(18-19-16)17(23)20-24/h2-7,13-14,24H,8-10H2,1H3,(H,20,23)/t13-,14-/m0/s1. The highest BCUT2D eigenvalue weighted by atomic mass is 16.5. The fourth-order valence-corrected chi connectivity index (χ4v) is 3.73. The third-order valence-corrected chi connectivity index (χ3v) is 4.85. The van der Waals surface area contributed by atoms with Crippen molar-refractivity contribution in [3.05, 3.63) is 47.7 Å². The molecule has 0 aliphatic carbocycles. The number of hydroxylamine groups is 1. The van der Waals surface area contributed by atoms with Crippen LogP contribution in [0.2, 0.25) is 0 Å². The lowest BCUT2D eigenvalue weighted by molar-refractivity contribution is 0.0699. The predicted molar refractivity (Wildman–Crippen MR) is 89.3 cm³/mol. The van der Waals surface area contributed by atoms with E-state index in [1.54, 1.807) is 17.6 Å². The van der Waals surface area contributed by atoms with Gasteiger partial charge in [-0.05, 0) is 43.2 Å². The van der Waals surface area contributed by atoms with Crippen molar-refractivity contribution in [2.45, 2.75) is 25.4 Å². The van der Waals surface area contributed by atoms with Crippen molar-refractivity contribution in [3.8, 4) is 0 Å². The Morgan fingerprint density at radius 1 is 1.17 bits per heavy atom. The molecular formula is C17H19N5O2. The number of hydrogen-bond acceptors (Lipinski definition) is 6. The Kier molecular flexibility index (Phi) is 3.57. The van der Waals surface area contributed by atoms with Gasteiger partial charge in [-0.25, -0.2) is 5.48 Å². The van der Waals surface area contributed by atoms with Crippen LogP contribution < -0.4 is 15.3 Å². The molecule has 2 aliphatic rings. The van der Waals surface area contributed by atoms with Crippen LogP contribution in [0.15, 0.2) is 36.4 Å². The molecule has 0 radical (unpaired) electrons. The minimum Gasteiger partial charge on any atom is -0.365 e. The third kappa shape index (κ3) is 2.46. The number of nitrogens with zero attached hydrogens (tertiary/aromatic N) is 4. The monoisotopic (exact) mass is 325 g/mol. The van der Waals surface area contributed by atoms with Crippen molar-refractivity contribution >= 4 is 17.4 Å². The van der Waals surface area contributed by atoms with Crippen molar-refractivity contribution in [1.29, 1.82) is 0 Å². The second-order valence-corrected chi connectivity index (χ2v) is 6.40. The van der Waals surface area contributed by atoms with Gasteiger partial charge in [0, 0.05) is 24.8 Å². The van der Waals surface area contributed by atoms with E-state index in [0.29, 0.717) is 12.1 Å². The van der Waals surface area contributed by atoms with Crippen LogP contribution >= 0.6 is 0 Å².